The van der Waals surface area contributed by atoms with Crippen LogP contribution in [0.15, 0.2) is 229 Å². The Bertz CT molecular complexity index is 7560. The predicted molar refractivity (Wildman–Crippen MR) is 514 cm³/mol. The molecule has 136 heavy (non-hydrogen) atoms. The molecular weight excluding hydrogens is 1800 g/mol. The third-order valence-corrected chi connectivity index (χ3v) is 30.1. The number of halogens is 3. The van der Waals surface area contributed by atoms with Gasteiger partial charge in [0.1, 0.15) is 39.8 Å². The molecule has 0 spiro atoms. The van der Waals surface area contributed by atoms with E-state index in [4.69, 9.17) is 51.3 Å². The number of alkyl halides is 3. The molecule has 4 aromatic carbocycles. The fraction of sp³-hybridized carbons (Fsp3) is 0.270. The first-order valence-corrected chi connectivity index (χ1v) is 48.2. The first kappa shape index (κ1) is 87.7. The van der Waals surface area contributed by atoms with Crippen LogP contribution in [0.4, 0.5) is 36.4 Å². The lowest BCUT2D eigenvalue weighted by Crippen LogP contribution is -2.52. The summed E-state index contributed by atoms with van der Waals surface area (Å²) in [6, 6.07) is 43.9. The molecule has 2 atom stereocenters. The summed E-state index contributed by atoms with van der Waals surface area (Å²) < 4.78 is 43.4. The minimum Gasteiger partial charge on any atom is -0.618 e. The van der Waals surface area contributed by atoms with Gasteiger partial charge in [0.2, 0.25) is 16.6 Å². The van der Waals surface area contributed by atoms with E-state index < -0.39 is 23.3 Å². The number of aromatic nitrogens is 17. The molecular formula is C100H89F3N24O5S4. The van der Waals surface area contributed by atoms with Crippen LogP contribution in [0.5, 0.6) is 0 Å². The van der Waals surface area contributed by atoms with Crippen LogP contribution >= 0.6 is 47.0 Å². The summed E-state index contributed by atoms with van der Waals surface area (Å²) in [5.41, 5.74) is 38.5. The van der Waals surface area contributed by atoms with Gasteiger partial charge in [-0.3, -0.25) is 14.5 Å². The normalized spacial score (nSPS) is 16.7. The maximum Gasteiger partial charge on any atom is 0.435 e. The van der Waals surface area contributed by atoms with E-state index in [0.717, 1.165) is 175 Å². The van der Waals surface area contributed by atoms with Crippen molar-refractivity contribution in [2.24, 2.45) is 42.2 Å². The molecule has 4 saturated heterocycles. The molecule has 29 nitrogen and oxygen atoms in total. The Morgan fingerprint density at radius 1 is 0.471 bits per heavy atom. The van der Waals surface area contributed by atoms with Crippen molar-refractivity contribution in [3.8, 4) is 44.5 Å². The number of benzene rings is 4. The first-order valence-electron chi connectivity index (χ1n) is 44.9. The number of hydrogen-bond donors (Lipinski definition) is 4. The van der Waals surface area contributed by atoms with Crippen LogP contribution in [0.2, 0.25) is 0 Å². The lowest BCUT2D eigenvalue weighted by atomic mass is 9.97. The molecule has 9 aliphatic rings. The first-order chi connectivity index (χ1) is 65.8. The zero-order chi connectivity index (χ0) is 93.4. The topological polar surface area (TPSA) is 368 Å². The van der Waals surface area contributed by atoms with E-state index in [2.05, 4.69) is 157 Å². The highest BCUT2D eigenvalue weighted by molar-refractivity contribution is 8.00. The molecule has 16 aromatic rings. The molecule has 1 saturated carbocycles. The number of hydrogen-bond acceptors (Lipinski definition) is 28. The molecule has 25 rings (SSSR count). The number of amides is 1. The number of β-amino-alcohol motifs (C(OH)–C–C–N with tert-alkyl or cyclic N) is 1. The number of carbonyl (C=O) groups excluding carboxylic acids is 1. The monoisotopic (exact) mass is 1890 g/mol. The van der Waals surface area contributed by atoms with Gasteiger partial charge in [0, 0.05) is 225 Å². The summed E-state index contributed by atoms with van der Waals surface area (Å²) in [6.45, 7) is 17.6. The molecule has 1 amide bonds. The molecule has 2 unspecified atom stereocenters. The van der Waals surface area contributed by atoms with Crippen LogP contribution in [-0.4, -0.2) is 158 Å². The Kier molecular flexibility index (Phi) is 22.7. The van der Waals surface area contributed by atoms with E-state index in [1.807, 2.05) is 42.7 Å². The third-order valence-electron chi connectivity index (χ3n) is 26.8. The number of pyridine rings is 7. The standard InChI is InChI=1S/C30H25F3N8O2S.C24H22N6OS.C23H19N5O2S.C23H23N5S/c1-16-5-3-6-19-20(16)10-23-25(19)27(37-29(36-23)44-18-9-24-22(34-12-18)7-4-8-41(24)43)40-13-17(14-40)11-35-28(42)21-15-39(2)38-26(21)30(31,32)33;1-14-4-2-5-17-18(14)9-20-22(17)23(29-12-15(10-25)13-29)28-24(27-20)32-16-8-21-19(26-11-16)6-3-7-30(21)31;1-13-4-2-5-16-17(13)9-19-21(16)22(27-11-14(29)12-27)26-23(25-19)31-15-8-20-18(24-10-15)6-3-7-28(20)30;1-12-6-14(9-25-8-12)29-23-26-19-7-16-13(2)4-3-5-15(16)20(19)22(27-23)28-10-17-18(11-28)21(17)24/h3-9,12,15,17H,10-11,13-14H2,1-2H3,(H,35,42);2-8,11,15H,9-10,12-13,25H2,1H3;2-8,10,14,29H,9,11-12H2,1H3;3-6,8-9,17-18,21H,7,10-11,24H2,1-2H3. The Morgan fingerprint density at radius 2 is 0.824 bits per heavy atom. The molecule has 12 aromatic heterocycles. The summed E-state index contributed by atoms with van der Waals surface area (Å²) in [5.74, 6) is 4.67. The molecule has 36 heteroatoms. The number of aliphatic hydroxyl groups is 1. The van der Waals surface area contributed by atoms with Crippen molar-refractivity contribution in [1.82, 2.24) is 74.9 Å². The number of nitrogens with zero attached hydrogens (tertiary/aromatic N) is 21. The number of rotatable bonds is 16. The van der Waals surface area contributed by atoms with E-state index in [0.29, 0.717) is 112 Å². The molecule has 0 bridgehead atoms. The van der Waals surface area contributed by atoms with Crippen LogP contribution in [0, 0.1) is 73.9 Å². The highest BCUT2D eigenvalue weighted by Crippen LogP contribution is 2.53. The van der Waals surface area contributed by atoms with Gasteiger partial charge >= 0.3 is 6.18 Å². The van der Waals surface area contributed by atoms with E-state index in [9.17, 15) is 38.7 Å². The zero-order valence-electron chi connectivity index (χ0n) is 74.7. The van der Waals surface area contributed by atoms with Crippen LogP contribution in [0.3, 0.4) is 0 Å². The summed E-state index contributed by atoms with van der Waals surface area (Å²) in [4.78, 5) is 82.2. The largest absolute Gasteiger partial charge is 0.618 e. The van der Waals surface area contributed by atoms with Gasteiger partial charge in [-0.25, -0.2) is 54.8 Å². The van der Waals surface area contributed by atoms with Gasteiger partial charge in [-0.05, 0) is 197 Å². The van der Waals surface area contributed by atoms with Crippen molar-refractivity contribution < 1.29 is 37.3 Å². The Hall–Kier alpha value is -13.6. The number of aryl methyl sites for hydroxylation is 6. The number of carbonyl (C=O) groups is 1. The molecule has 5 fully saturated rings. The zero-order valence-corrected chi connectivity index (χ0v) is 77.9. The fourth-order valence-electron chi connectivity index (χ4n) is 19.6. The average molecular weight is 1890 g/mol. The number of piperidine rings is 1. The van der Waals surface area contributed by atoms with Crippen molar-refractivity contribution in [2.45, 2.75) is 119 Å². The number of nitrogens with one attached hydrogen (secondary N) is 1. The van der Waals surface area contributed by atoms with Crippen molar-refractivity contribution in [3.05, 3.63) is 289 Å². The second-order valence-corrected chi connectivity index (χ2v) is 40.1. The quantitative estimate of drug-likeness (QED) is 0.0396. The van der Waals surface area contributed by atoms with Crippen LogP contribution < -0.4 is 50.6 Å². The van der Waals surface area contributed by atoms with Gasteiger partial charge in [0.05, 0.1) is 34.4 Å². The molecule has 684 valence electrons. The Labute approximate surface area is 795 Å². The maximum absolute atomic E-state index is 13.3. The number of fused-ring (bicyclic) bond motifs is 16. The van der Waals surface area contributed by atoms with Gasteiger partial charge < -0.3 is 57.1 Å². The number of anilines is 4. The minimum absolute atomic E-state index is 0.0160. The van der Waals surface area contributed by atoms with E-state index in [1.165, 1.54) is 122 Å². The number of aliphatic hydroxyl groups excluding tert-OH is 1. The molecule has 6 N–H and O–H groups in total. The molecule has 16 heterocycles. The fourth-order valence-corrected chi connectivity index (χ4v) is 22.8. The Morgan fingerprint density at radius 3 is 1.18 bits per heavy atom. The smallest absolute Gasteiger partial charge is 0.435 e. The second-order valence-electron chi connectivity index (χ2n) is 36.0. The summed E-state index contributed by atoms with van der Waals surface area (Å²) in [6.07, 6.45) is 12.5. The summed E-state index contributed by atoms with van der Waals surface area (Å²) in [5, 5.41) is 55.1. The van der Waals surface area contributed by atoms with Gasteiger partial charge in [0.25, 0.3) is 5.91 Å². The van der Waals surface area contributed by atoms with Crippen molar-refractivity contribution in [2.75, 3.05) is 85.0 Å². The maximum atomic E-state index is 13.3. The van der Waals surface area contributed by atoms with Crippen LogP contribution in [-0.2, 0) is 38.9 Å². The van der Waals surface area contributed by atoms with E-state index in [1.54, 1.807) is 60.7 Å². The SMILES string of the molecule is Cc1cccc2c1Cc1nc(Sc3cnc4ccc[n+]([O-])c4c3)nc(N3CC(CN)C3)c1-2.Cc1cccc2c1Cc1nc(Sc3cnc4ccc[n+]([O-])c4c3)nc(N3CC(CNC(=O)c4cn(C)nc4C(F)(F)F)C3)c1-2.Cc1cccc2c1Cc1nc(Sc3cnc4ccc[n+]([O-])c4c3)nc(N3CC(O)C3)c1-2.Cc1cncc(Sc2nc3c(c(N4CC5C(N)C5C4)n2)-c2cccc(C)c2C3)c1. The Balaban J connectivity index is 0.000000106. The molecule has 5 aliphatic carbocycles. The highest BCUT2D eigenvalue weighted by Gasteiger charge is 2.55. The van der Waals surface area contributed by atoms with Crippen LogP contribution in [0.1, 0.15) is 88.9 Å². The van der Waals surface area contributed by atoms with Gasteiger partial charge in [0.15, 0.2) is 44.9 Å². The summed E-state index contributed by atoms with van der Waals surface area (Å²) >= 11 is 5.77. The molecule has 0 radical (unpaired) electrons. The van der Waals surface area contributed by atoms with E-state index in [-0.39, 0.29) is 18.6 Å². The molecule has 4 aliphatic heterocycles. The van der Waals surface area contributed by atoms with Crippen molar-refractivity contribution >= 4 is 109 Å². The van der Waals surface area contributed by atoms with Crippen molar-refractivity contribution in [1.29, 1.82) is 0 Å². The minimum atomic E-state index is -4.72. The van der Waals surface area contributed by atoms with E-state index >= 15 is 0 Å². The average Bonchev–Trinajstić information content (AvgIpc) is 1.57. The van der Waals surface area contributed by atoms with Gasteiger partial charge in [-0.15, -0.1) is 0 Å². The lowest BCUT2D eigenvalue weighted by molar-refractivity contribution is -0.577. The second kappa shape index (κ2) is 35.3. The van der Waals surface area contributed by atoms with Crippen molar-refractivity contribution in [3.63, 3.8) is 0 Å². The van der Waals surface area contributed by atoms with Gasteiger partial charge in [-0.1, -0.05) is 72.8 Å². The van der Waals surface area contributed by atoms with Crippen LogP contribution in [0.25, 0.3) is 77.6 Å². The highest BCUT2D eigenvalue weighted by atomic mass is 32.2. The predicted octanol–water partition coefficient (Wildman–Crippen LogP) is 13.9. The summed E-state index contributed by atoms with van der Waals surface area (Å²) in [7, 11) is 1.35. The van der Waals surface area contributed by atoms with Gasteiger partial charge in [-0.2, -0.15) is 32.5 Å². The lowest BCUT2D eigenvalue weighted by Gasteiger charge is -2.41. The third kappa shape index (κ3) is 16.7. The number of nitrogens with two attached hydrogens (primary N) is 2.